The van der Waals surface area contributed by atoms with Crippen LogP contribution in [0.4, 0.5) is 11.4 Å². The summed E-state index contributed by atoms with van der Waals surface area (Å²) in [6.45, 7) is 6.20. The van der Waals surface area contributed by atoms with E-state index in [2.05, 4.69) is 16.0 Å². The quantitative estimate of drug-likeness (QED) is 0.715. The van der Waals surface area contributed by atoms with Crippen LogP contribution in [0.1, 0.15) is 26.3 Å². The number of benzene rings is 2. The molecule has 0 radical (unpaired) electrons. The van der Waals surface area contributed by atoms with Gasteiger partial charge in [-0.05, 0) is 29.8 Å². The Hall–Kier alpha value is -2.37. The Balaban J connectivity index is 1.86. The summed E-state index contributed by atoms with van der Waals surface area (Å²) in [4.78, 5) is 24.1. The van der Waals surface area contributed by atoms with E-state index in [0.29, 0.717) is 22.9 Å². The molecule has 5 nitrogen and oxygen atoms in total. The van der Waals surface area contributed by atoms with Crippen LogP contribution in [0.5, 0.6) is 0 Å². The van der Waals surface area contributed by atoms with Crippen LogP contribution < -0.4 is 16.0 Å². The molecule has 6 heteroatoms. The number of nitrogens with one attached hydrogen (secondary N) is 3. The number of hydrogen-bond acceptors (Lipinski definition) is 3. The Morgan fingerprint density at radius 1 is 0.962 bits per heavy atom. The van der Waals surface area contributed by atoms with Crippen molar-refractivity contribution >= 4 is 34.8 Å². The highest BCUT2D eigenvalue weighted by atomic mass is 35.5. The van der Waals surface area contributed by atoms with Crippen molar-refractivity contribution in [3.63, 3.8) is 0 Å². The normalized spacial score (nSPS) is 11.1. The number of carbonyl (C=O) groups is 2. The first-order valence-corrected chi connectivity index (χ1v) is 8.79. The van der Waals surface area contributed by atoms with Crippen LogP contribution in [0, 0.1) is 5.41 Å². The second kappa shape index (κ2) is 8.83. The highest BCUT2D eigenvalue weighted by Crippen LogP contribution is 2.20. The van der Waals surface area contributed by atoms with E-state index in [1.54, 1.807) is 24.3 Å². The molecule has 0 bridgehead atoms. The summed E-state index contributed by atoms with van der Waals surface area (Å²) in [5.74, 6) is -0.251. The molecule has 0 aliphatic rings. The van der Waals surface area contributed by atoms with Gasteiger partial charge in [0.2, 0.25) is 11.8 Å². The van der Waals surface area contributed by atoms with Crippen molar-refractivity contribution in [2.75, 3.05) is 17.2 Å². The fourth-order valence-electron chi connectivity index (χ4n) is 2.15. The minimum absolute atomic E-state index is 0.0811. The molecule has 0 spiro atoms. The van der Waals surface area contributed by atoms with Gasteiger partial charge in [-0.2, -0.15) is 0 Å². The molecule has 0 aromatic heterocycles. The predicted molar refractivity (Wildman–Crippen MR) is 106 cm³/mol. The van der Waals surface area contributed by atoms with Crippen LogP contribution in [0.2, 0.25) is 5.02 Å². The van der Waals surface area contributed by atoms with Gasteiger partial charge in [-0.25, -0.2) is 0 Å². The third-order valence-electron chi connectivity index (χ3n) is 3.64. The molecule has 2 rings (SSSR count). The zero-order valence-electron chi connectivity index (χ0n) is 15.2. The monoisotopic (exact) mass is 373 g/mol. The highest BCUT2D eigenvalue weighted by Gasteiger charge is 2.21. The highest BCUT2D eigenvalue weighted by molar-refractivity contribution is 6.31. The molecule has 3 N–H and O–H groups in total. The molecular formula is C20H24ClN3O2. The van der Waals surface area contributed by atoms with E-state index in [1.165, 1.54) is 0 Å². The van der Waals surface area contributed by atoms with Crippen LogP contribution >= 0.6 is 11.6 Å². The SMILES string of the molecule is CC(C)(C)C(=O)Nc1cccc(NC(=O)CNCc2ccccc2Cl)c1. The molecule has 0 heterocycles. The van der Waals surface area contributed by atoms with Crippen molar-refractivity contribution in [1.82, 2.24) is 5.32 Å². The molecular weight excluding hydrogens is 350 g/mol. The summed E-state index contributed by atoms with van der Waals surface area (Å²) in [7, 11) is 0. The molecule has 0 fully saturated rings. The Morgan fingerprint density at radius 2 is 1.62 bits per heavy atom. The minimum Gasteiger partial charge on any atom is -0.326 e. The van der Waals surface area contributed by atoms with Crippen LogP contribution in [-0.2, 0) is 16.1 Å². The Labute approximate surface area is 159 Å². The maximum Gasteiger partial charge on any atom is 0.238 e. The van der Waals surface area contributed by atoms with Crippen molar-refractivity contribution in [3.8, 4) is 0 Å². The van der Waals surface area contributed by atoms with Crippen molar-refractivity contribution in [2.24, 2.45) is 5.41 Å². The molecule has 0 aliphatic heterocycles. The van der Waals surface area contributed by atoms with Crippen molar-refractivity contribution in [1.29, 1.82) is 0 Å². The van der Waals surface area contributed by atoms with Crippen LogP contribution in [0.25, 0.3) is 0 Å². The van der Waals surface area contributed by atoms with E-state index in [0.717, 1.165) is 5.56 Å². The van der Waals surface area contributed by atoms with Crippen LogP contribution in [0.3, 0.4) is 0 Å². The fraction of sp³-hybridized carbons (Fsp3) is 0.300. The van der Waals surface area contributed by atoms with Gasteiger partial charge in [0, 0.05) is 28.4 Å². The third-order valence-corrected chi connectivity index (χ3v) is 4.01. The second-order valence-electron chi connectivity index (χ2n) is 7.03. The lowest BCUT2D eigenvalue weighted by Gasteiger charge is -2.18. The summed E-state index contributed by atoms with van der Waals surface area (Å²) >= 11 is 6.09. The standard InChI is InChI=1S/C20H24ClN3O2/c1-20(2,3)19(26)24-16-9-6-8-15(11-16)23-18(25)13-22-12-14-7-4-5-10-17(14)21/h4-11,22H,12-13H2,1-3H3,(H,23,25)(H,24,26). The molecule has 2 aromatic carbocycles. The lowest BCUT2D eigenvalue weighted by Crippen LogP contribution is -2.28. The second-order valence-corrected chi connectivity index (χ2v) is 7.44. The van der Waals surface area contributed by atoms with Crippen molar-refractivity contribution in [3.05, 3.63) is 59.1 Å². The first-order valence-electron chi connectivity index (χ1n) is 8.41. The van der Waals surface area contributed by atoms with Gasteiger partial charge >= 0.3 is 0 Å². The number of hydrogen-bond donors (Lipinski definition) is 3. The Kier molecular flexibility index (Phi) is 6.77. The van der Waals surface area contributed by atoms with Crippen molar-refractivity contribution < 1.29 is 9.59 Å². The molecule has 138 valence electrons. The first-order chi connectivity index (χ1) is 12.3. The number of halogens is 1. The van der Waals surface area contributed by atoms with E-state index in [1.807, 2.05) is 45.0 Å². The first kappa shape index (κ1) is 19.9. The number of carbonyl (C=O) groups excluding carboxylic acids is 2. The summed E-state index contributed by atoms with van der Waals surface area (Å²) in [6.07, 6.45) is 0. The largest absolute Gasteiger partial charge is 0.326 e. The lowest BCUT2D eigenvalue weighted by atomic mass is 9.95. The summed E-state index contributed by atoms with van der Waals surface area (Å²) in [5.41, 5.74) is 1.73. The summed E-state index contributed by atoms with van der Waals surface area (Å²) in [5, 5.41) is 9.39. The van der Waals surface area contributed by atoms with Gasteiger partial charge in [0.1, 0.15) is 0 Å². The van der Waals surface area contributed by atoms with Gasteiger partial charge in [-0.1, -0.05) is 56.6 Å². The fourth-order valence-corrected chi connectivity index (χ4v) is 2.35. The van der Waals surface area contributed by atoms with Gasteiger partial charge in [-0.3, -0.25) is 9.59 Å². The zero-order chi connectivity index (χ0) is 19.2. The van der Waals surface area contributed by atoms with Crippen molar-refractivity contribution in [2.45, 2.75) is 27.3 Å². The molecule has 2 amide bonds. The molecule has 26 heavy (non-hydrogen) atoms. The number of rotatable bonds is 6. The van der Waals surface area contributed by atoms with Crippen LogP contribution in [-0.4, -0.2) is 18.4 Å². The number of amides is 2. The average molecular weight is 374 g/mol. The average Bonchev–Trinajstić information content (AvgIpc) is 2.56. The summed E-state index contributed by atoms with van der Waals surface area (Å²) < 4.78 is 0. The van der Waals surface area contributed by atoms with E-state index in [4.69, 9.17) is 11.6 Å². The predicted octanol–water partition coefficient (Wildman–Crippen LogP) is 4.05. The van der Waals surface area contributed by atoms with Gasteiger partial charge in [0.15, 0.2) is 0 Å². The van der Waals surface area contributed by atoms with E-state index in [9.17, 15) is 9.59 Å². The Bertz CT molecular complexity index is 785. The summed E-state index contributed by atoms with van der Waals surface area (Å²) in [6, 6.07) is 14.6. The minimum atomic E-state index is -0.484. The number of anilines is 2. The molecule has 0 saturated carbocycles. The van der Waals surface area contributed by atoms with Gasteiger partial charge in [-0.15, -0.1) is 0 Å². The van der Waals surface area contributed by atoms with Crippen LogP contribution in [0.15, 0.2) is 48.5 Å². The lowest BCUT2D eigenvalue weighted by molar-refractivity contribution is -0.123. The maximum absolute atomic E-state index is 12.1. The van der Waals surface area contributed by atoms with Gasteiger partial charge in [0.05, 0.1) is 6.54 Å². The van der Waals surface area contributed by atoms with E-state index < -0.39 is 5.41 Å². The topological polar surface area (TPSA) is 70.2 Å². The Morgan fingerprint density at radius 3 is 2.27 bits per heavy atom. The smallest absolute Gasteiger partial charge is 0.238 e. The molecule has 0 unspecified atom stereocenters. The van der Waals surface area contributed by atoms with Gasteiger partial charge in [0.25, 0.3) is 0 Å². The van der Waals surface area contributed by atoms with E-state index >= 15 is 0 Å². The zero-order valence-corrected chi connectivity index (χ0v) is 16.0. The van der Waals surface area contributed by atoms with E-state index in [-0.39, 0.29) is 18.4 Å². The molecule has 0 saturated heterocycles. The molecule has 0 atom stereocenters. The maximum atomic E-state index is 12.1. The molecule has 0 aliphatic carbocycles. The molecule has 2 aromatic rings. The van der Waals surface area contributed by atoms with Gasteiger partial charge < -0.3 is 16.0 Å². The third kappa shape index (κ3) is 6.17.